The standard InChI is InChI=1S/C18H29N3O4S2/c22-16(4-2-1-3-15-5-14-26-27-15)19-6-8-20(9-7-19)17(23)18(24)21-10-12-25-13-11-21/h15H,1-14H2. The highest BCUT2D eigenvalue weighted by molar-refractivity contribution is 8.77. The summed E-state index contributed by atoms with van der Waals surface area (Å²) in [5, 5.41) is 0.767. The minimum Gasteiger partial charge on any atom is -0.378 e. The van der Waals surface area contributed by atoms with Crippen LogP contribution in [0.5, 0.6) is 0 Å². The Morgan fingerprint density at radius 1 is 0.852 bits per heavy atom. The van der Waals surface area contributed by atoms with Crippen LogP contribution in [0.25, 0.3) is 0 Å². The molecule has 3 aliphatic heterocycles. The summed E-state index contributed by atoms with van der Waals surface area (Å²) in [7, 11) is 3.95. The van der Waals surface area contributed by atoms with Crippen LogP contribution in [0.2, 0.25) is 0 Å². The van der Waals surface area contributed by atoms with E-state index in [0.717, 1.165) is 18.1 Å². The molecule has 152 valence electrons. The second-order valence-corrected chi connectivity index (χ2v) is 9.94. The number of carbonyl (C=O) groups excluding carboxylic acids is 3. The summed E-state index contributed by atoms with van der Waals surface area (Å²) in [4.78, 5) is 42.0. The number of nitrogens with zero attached hydrogens (tertiary/aromatic N) is 3. The fourth-order valence-corrected chi connectivity index (χ4v) is 6.59. The third-order valence-electron chi connectivity index (χ3n) is 5.29. The van der Waals surface area contributed by atoms with Crippen LogP contribution in [-0.4, -0.2) is 95.9 Å². The molecule has 3 amide bonds. The number of rotatable bonds is 5. The van der Waals surface area contributed by atoms with Gasteiger partial charge in [0.2, 0.25) is 5.91 Å². The number of ether oxygens (including phenoxy) is 1. The van der Waals surface area contributed by atoms with E-state index in [1.807, 2.05) is 26.5 Å². The Bertz CT molecular complexity index is 529. The van der Waals surface area contributed by atoms with E-state index >= 15 is 0 Å². The van der Waals surface area contributed by atoms with Gasteiger partial charge in [0.15, 0.2) is 0 Å². The predicted molar refractivity (Wildman–Crippen MR) is 107 cm³/mol. The van der Waals surface area contributed by atoms with Crippen molar-refractivity contribution in [3.05, 3.63) is 0 Å². The Morgan fingerprint density at radius 3 is 2.11 bits per heavy atom. The van der Waals surface area contributed by atoms with Crippen molar-refractivity contribution in [2.45, 2.75) is 37.4 Å². The minimum atomic E-state index is -0.448. The van der Waals surface area contributed by atoms with Gasteiger partial charge in [-0.1, -0.05) is 28.0 Å². The van der Waals surface area contributed by atoms with Gasteiger partial charge in [0.05, 0.1) is 13.2 Å². The second-order valence-electron chi connectivity index (χ2n) is 7.15. The van der Waals surface area contributed by atoms with E-state index in [4.69, 9.17) is 4.74 Å². The van der Waals surface area contributed by atoms with E-state index < -0.39 is 11.8 Å². The van der Waals surface area contributed by atoms with Gasteiger partial charge in [0, 0.05) is 56.7 Å². The highest BCUT2D eigenvalue weighted by atomic mass is 33.1. The Kier molecular flexibility index (Phi) is 8.14. The largest absolute Gasteiger partial charge is 0.378 e. The number of hydrogen-bond donors (Lipinski definition) is 0. The van der Waals surface area contributed by atoms with Gasteiger partial charge < -0.3 is 19.4 Å². The van der Waals surface area contributed by atoms with Crippen molar-refractivity contribution in [1.29, 1.82) is 0 Å². The number of unbranched alkanes of at least 4 members (excludes halogenated alkanes) is 1. The molecular formula is C18H29N3O4S2. The summed E-state index contributed by atoms with van der Waals surface area (Å²) in [6, 6.07) is 0. The molecule has 0 spiro atoms. The van der Waals surface area contributed by atoms with Gasteiger partial charge in [-0.3, -0.25) is 14.4 Å². The molecule has 3 saturated heterocycles. The van der Waals surface area contributed by atoms with E-state index in [9.17, 15) is 14.4 Å². The zero-order chi connectivity index (χ0) is 19.1. The van der Waals surface area contributed by atoms with Gasteiger partial charge in [0.1, 0.15) is 0 Å². The van der Waals surface area contributed by atoms with Crippen LogP contribution in [0, 0.1) is 0 Å². The highest BCUT2D eigenvalue weighted by Crippen LogP contribution is 2.39. The number of hydrogen-bond acceptors (Lipinski definition) is 6. The summed E-state index contributed by atoms with van der Waals surface area (Å²) < 4.78 is 5.22. The Balaban J connectivity index is 1.33. The number of carbonyl (C=O) groups is 3. The number of piperazine rings is 1. The molecule has 0 saturated carbocycles. The van der Waals surface area contributed by atoms with Crippen LogP contribution in [0.4, 0.5) is 0 Å². The fourth-order valence-electron chi connectivity index (χ4n) is 3.57. The first-order valence-electron chi connectivity index (χ1n) is 9.87. The SMILES string of the molecule is O=C(CCCCC1CCSS1)N1CCN(C(=O)C(=O)N2CCOCC2)CC1. The van der Waals surface area contributed by atoms with Crippen molar-refractivity contribution in [2.75, 3.05) is 58.2 Å². The van der Waals surface area contributed by atoms with Crippen molar-refractivity contribution in [3.8, 4) is 0 Å². The van der Waals surface area contributed by atoms with Gasteiger partial charge >= 0.3 is 11.8 Å². The zero-order valence-corrected chi connectivity index (χ0v) is 17.4. The molecule has 3 aliphatic rings. The second kappa shape index (κ2) is 10.6. The lowest BCUT2D eigenvalue weighted by molar-refractivity contribution is -0.155. The average Bonchev–Trinajstić information content (AvgIpc) is 3.24. The normalized spacial score (nSPS) is 23.6. The van der Waals surface area contributed by atoms with Crippen LogP contribution < -0.4 is 0 Å². The number of amides is 3. The minimum absolute atomic E-state index is 0.176. The first kappa shape index (κ1) is 20.8. The van der Waals surface area contributed by atoms with Crippen LogP contribution in [-0.2, 0) is 19.1 Å². The van der Waals surface area contributed by atoms with Crippen LogP contribution in [0.15, 0.2) is 0 Å². The molecule has 0 aromatic heterocycles. The van der Waals surface area contributed by atoms with Gasteiger partial charge in [-0.2, -0.15) is 0 Å². The van der Waals surface area contributed by atoms with Crippen molar-refractivity contribution < 1.29 is 19.1 Å². The Hall–Kier alpha value is -0.930. The molecule has 1 unspecified atom stereocenters. The topological polar surface area (TPSA) is 70.2 Å². The van der Waals surface area contributed by atoms with Gasteiger partial charge in [-0.25, -0.2) is 0 Å². The third-order valence-corrected chi connectivity index (χ3v) is 8.30. The van der Waals surface area contributed by atoms with E-state index in [-0.39, 0.29) is 5.91 Å². The molecule has 1 atom stereocenters. The smallest absolute Gasteiger partial charge is 0.312 e. The van der Waals surface area contributed by atoms with E-state index in [1.165, 1.54) is 18.6 Å². The summed E-state index contributed by atoms with van der Waals surface area (Å²) in [6.07, 6.45) is 5.14. The van der Waals surface area contributed by atoms with E-state index in [2.05, 4.69) is 0 Å². The maximum atomic E-state index is 12.4. The molecule has 3 heterocycles. The van der Waals surface area contributed by atoms with Crippen LogP contribution >= 0.6 is 21.6 Å². The van der Waals surface area contributed by atoms with Crippen LogP contribution in [0.3, 0.4) is 0 Å². The summed E-state index contributed by atoms with van der Waals surface area (Å²) in [6.45, 7) is 3.85. The quantitative estimate of drug-likeness (QED) is 0.382. The third kappa shape index (κ3) is 6.02. The molecule has 0 radical (unpaired) electrons. The molecule has 0 N–H and O–H groups in total. The molecule has 3 rings (SSSR count). The highest BCUT2D eigenvalue weighted by Gasteiger charge is 2.31. The summed E-state index contributed by atoms with van der Waals surface area (Å²) >= 11 is 0. The maximum Gasteiger partial charge on any atom is 0.312 e. The lowest BCUT2D eigenvalue weighted by Crippen LogP contribution is -2.55. The van der Waals surface area contributed by atoms with E-state index in [1.54, 1.807) is 9.80 Å². The molecule has 0 aromatic rings. The van der Waals surface area contributed by atoms with Crippen molar-refractivity contribution in [3.63, 3.8) is 0 Å². The van der Waals surface area contributed by atoms with Crippen molar-refractivity contribution >= 4 is 39.3 Å². The zero-order valence-electron chi connectivity index (χ0n) is 15.8. The lowest BCUT2D eigenvalue weighted by atomic mass is 10.1. The predicted octanol–water partition coefficient (Wildman–Crippen LogP) is 1.23. The van der Waals surface area contributed by atoms with Crippen molar-refractivity contribution in [1.82, 2.24) is 14.7 Å². The molecule has 7 nitrogen and oxygen atoms in total. The van der Waals surface area contributed by atoms with Gasteiger partial charge in [0.25, 0.3) is 0 Å². The molecule has 3 fully saturated rings. The molecule has 0 bridgehead atoms. The molecule has 9 heteroatoms. The maximum absolute atomic E-state index is 12.4. The lowest BCUT2D eigenvalue weighted by Gasteiger charge is -2.36. The average molecular weight is 416 g/mol. The van der Waals surface area contributed by atoms with Crippen molar-refractivity contribution in [2.24, 2.45) is 0 Å². The molecule has 0 aliphatic carbocycles. The summed E-state index contributed by atoms with van der Waals surface area (Å²) in [5.41, 5.74) is 0. The molecule has 0 aromatic carbocycles. The van der Waals surface area contributed by atoms with Gasteiger partial charge in [-0.05, 0) is 19.3 Å². The molecule has 27 heavy (non-hydrogen) atoms. The molecular weight excluding hydrogens is 386 g/mol. The Labute approximate surface area is 168 Å². The van der Waals surface area contributed by atoms with Gasteiger partial charge in [-0.15, -0.1) is 0 Å². The first-order valence-corrected chi connectivity index (χ1v) is 12.3. The number of morpholine rings is 1. The first-order chi connectivity index (χ1) is 13.1. The summed E-state index contributed by atoms with van der Waals surface area (Å²) in [5.74, 6) is 0.540. The van der Waals surface area contributed by atoms with Crippen LogP contribution in [0.1, 0.15) is 32.1 Å². The monoisotopic (exact) mass is 415 g/mol. The Morgan fingerprint density at radius 2 is 1.48 bits per heavy atom. The fraction of sp³-hybridized carbons (Fsp3) is 0.833. The van der Waals surface area contributed by atoms with E-state index in [0.29, 0.717) is 58.9 Å².